The van der Waals surface area contributed by atoms with E-state index in [-0.39, 0.29) is 11.8 Å². The maximum Gasteiger partial charge on any atom is 0.256 e. The fourth-order valence-corrected chi connectivity index (χ4v) is 3.21. The van der Waals surface area contributed by atoms with Gasteiger partial charge in [-0.05, 0) is 42.0 Å². The highest BCUT2D eigenvalue weighted by Gasteiger charge is 2.14. The first-order chi connectivity index (χ1) is 14.6. The topological polar surface area (TPSA) is 84.0 Å². The predicted molar refractivity (Wildman–Crippen MR) is 117 cm³/mol. The molecule has 4 rings (SSSR count). The lowest BCUT2D eigenvalue weighted by Gasteiger charge is -2.11. The minimum absolute atomic E-state index is 0.0568. The summed E-state index contributed by atoms with van der Waals surface area (Å²) in [5, 5.41) is 6.32. The summed E-state index contributed by atoms with van der Waals surface area (Å²) in [5.74, 6) is -0.276. The van der Waals surface area contributed by atoms with Gasteiger partial charge in [0.2, 0.25) is 5.91 Å². The molecule has 30 heavy (non-hydrogen) atoms. The minimum Gasteiger partial charge on any atom is -0.359 e. The number of likely N-dealkylation sites (N-methyl/N-ethyl adjacent to an activating group) is 1. The van der Waals surface area contributed by atoms with E-state index in [9.17, 15) is 9.59 Å². The van der Waals surface area contributed by atoms with Crippen molar-refractivity contribution in [3.63, 3.8) is 0 Å². The zero-order chi connectivity index (χ0) is 20.9. The van der Waals surface area contributed by atoms with Gasteiger partial charge in [-0.15, -0.1) is 0 Å². The van der Waals surface area contributed by atoms with E-state index < -0.39 is 0 Å². The second-order valence-corrected chi connectivity index (χ2v) is 6.81. The summed E-state index contributed by atoms with van der Waals surface area (Å²) in [6.07, 6.45) is 3.70. The third-order valence-corrected chi connectivity index (χ3v) is 4.79. The highest BCUT2D eigenvalue weighted by molar-refractivity contribution is 6.13. The summed E-state index contributed by atoms with van der Waals surface area (Å²) in [4.78, 5) is 33.4. The average Bonchev–Trinajstić information content (AvgIpc) is 2.80. The van der Waals surface area contributed by atoms with Gasteiger partial charge in [0, 0.05) is 36.1 Å². The van der Waals surface area contributed by atoms with Crippen LogP contribution in [0.4, 0.5) is 5.69 Å². The largest absolute Gasteiger partial charge is 0.359 e. The van der Waals surface area contributed by atoms with Crippen LogP contribution in [-0.2, 0) is 11.2 Å². The molecule has 6 nitrogen and oxygen atoms in total. The van der Waals surface area contributed by atoms with Crippen molar-refractivity contribution in [3.05, 3.63) is 90.3 Å². The highest BCUT2D eigenvalue weighted by Crippen LogP contribution is 2.25. The number of para-hydroxylation sites is 1. The quantitative estimate of drug-likeness (QED) is 0.537. The molecule has 0 spiro atoms. The van der Waals surface area contributed by atoms with Crippen molar-refractivity contribution in [2.24, 2.45) is 0 Å². The van der Waals surface area contributed by atoms with Crippen LogP contribution >= 0.6 is 0 Å². The molecule has 4 aromatic rings. The number of nitrogens with zero attached hydrogens (tertiary/aromatic N) is 2. The van der Waals surface area contributed by atoms with Gasteiger partial charge in [0.1, 0.15) is 0 Å². The van der Waals surface area contributed by atoms with Gasteiger partial charge in [-0.25, -0.2) is 4.98 Å². The summed E-state index contributed by atoms with van der Waals surface area (Å²) in [5.41, 5.74) is 4.43. The first kappa shape index (κ1) is 19.3. The Hall–Kier alpha value is -4.06. The Kier molecular flexibility index (Phi) is 5.48. The Bertz CT molecular complexity index is 1210. The molecule has 0 aliphatic rings. The fraction of sp³-hybridized carbons (Fsp3) is 0.0833. The molecule has 2 N–H and O–H groups in total. The molecule has 0 fully saturated rings. The van der Waals surface area contributed by atoms with Crippen LogP contribution in [0.25, 0.3) is 22.2 Å². The monoisotopic (exact) mass is 396 g/mol. The second kappa shape index (κ2) is 8.53. The number of anilines is 1. The van der Waals surface area contributed by atoms with Crippen LogP contribution in [0.15, 0.2) is 79.1 Å². The van der Waals surface area contributed by atoms with Crippen molar-refractivity contribution >= 4 is 28.4 Å². The standard InChI is InChI=1S/C24H20N4O2/c1-25-23(29)14-16-6-8-18(9-7-16)27-24(30)20-15-22(17-10-12-26-13-11-17)28-21-5-3-2-4-19(20)21/h2-13,15H,14H2,1H3,(H,25,29)(H,27,30). The summed E-state index contributed by atoms with van der Waals surface area (Å²) >= 11 is 0. The van der Waals surface area contributed by atoms with E-state index in [0.29, 0.717) is 23.4 Å². The number of pyridine rings is 2. The maximum atomic E-state index is 13.1. The summed E-state index contributed by atoms with van der Waals surface area (Å²) < 4.78 is 0. The number of fused-ring (bicyclic) bond motifs is 1. The second-order valence-electron chi connectivity index (χ2n) is 6.81. The zero-order valence-corrected chi connectivity index (χ0v) is 16.4. The molecule has 0 atom stereocenters. The van der Waals surface area contributed by atoms with E-state index >= 15 is 0 Å². The van der Waals surface area contributed by atoms with E-state index in [4.69, 9.17) is 4.98 Å². The molecule has 2 heterocycles. The first-order valence-corrected chi connectivity index (χ1v) is 9.55. The average molecular weight is 396 g/mol. The molecule has 6 heteroatoms. The van der Waals surface area contributed by atoms with Crippen LogP contribution in [0.1, 0.15) is 15.9 Å². The number of rotatable bonds is 5. The summed E-state index contributed by atoms with van der Waals surface area (Å²) in [6, 6.07) is 20.4. The minimum atomic E-state index is -0.219. The Labute approximate surface area is 174 Å². The Morgan fingerprint density at radius 2 is 1.67 bits per heavy atom. The van der Waals surface area contributed by atoms with Gasteiger partial charge in [0.25, 0.3) is 5.91 Å². The number of aromatic nitrogens is 2. The lowest BCUT2D eigenvalue weighted by Crippen LogP contribution is -2.19. The van der Waals surface area contributed by atoms with Gasteiger partial charge < -0.3 is 10.6 Å². The highest BCUT2D eigenvalue weighted by atomic mass is 16.2. The van der Waals surface area contributed by atoms with E-state index in [2.05, 4.69) is 15.6 Å². The SMILES string of the molecule is CNC(=O)Cc1ccc(NC(=O)c2cc(-c3ccncc3)nc3ccccc23)cc1. The lowest BCUT2D eigenvalue weighted by atomic mass is 10.0. The van der Waals surface area contributed by atoms with Crippen LogP contribution < -0.4 is 10.6 Å². The summed E-state index contributed by atoms with van der Waals surface area (Å²) in [6.45, 7) is 0. The van der Waals surface area contributed by atoms with Gasteiger partial charge in [0.15, 0.2) is 0 Å². The van der Waals surface area contributed by atoms with Crippen LogP contribution in [0.5, 0.6) is 0 Å². The summed E-state index contributed by atoms with van der Waals surface area (Å²) in [7, 11) is 1.61. The zero-order valence-electron chi connectivity index (χ0n) is 16.4. The molecule has 0 aliphatic carbocycles. The molecule has 148 valence electrons. The van der Waals surface area contributed by atoms with Crippen molar-refractivity contribution in [2.75, 3.05) is 12.4 Å². The maximum absolute atomic E-state index is 13.1. The lowest BCUT2D eigenvalue weighted by molar-refractivity contribution is -0.119. The number of nitrogens with one attached hydrogen (secondary N) is 2. The van der Waals surface area contributed by atoms with Gasteiger partial charge in [-0.2, -0.15) is 0 Å². The number of carbonyl (C=O) groups excluding carboxylic acids is 2. The van der Waals surface area contributed by atoms with Gasteiger partial charge >= 0.3 is 0 Å². The fourth-order valence-electron chi connectivity index (χ4n) is 3.21. The Morgan fingerprint density at radius 3 is 2.40 bits per heavy atom. The third-order valence-electron chi connectivity index (χ3n) is 4.79. The smallest absolute Gasteiger partial charge is 0.256 e. The molecule has 0 aliphatic heterocycles. The van der Waals surface area contributed by atoms with Crippen LogP contribution in [0, 0.1) is 0 Å². The van der Waals surface area contributed by atoms with Crippen molar-refractivity contribution in [2.45, 2.75) is 6.42 Å². The van der Waals surface area contributed by atoms with Gasteiger partial charge in [-0.1, -0.05) is 30.3 Å². The normalized spacial score (nSPS) is 10.6. The Morgan fingerprint density at radius 1 is 0.933 bits per heavy atom. The third kappa shape index (κ3) is 4.17. The molecule has 2 aromatic heterocycles. The van der Waals surface area contributed by atoms with E-state index in [1.165, 1.54) is 0 Å². The van der Waals surface area contributed by atoms with Gasteiger partial charge in [-0.3, -0.25) is 14.6 Å². The molecule has 0 unspecified atom stereocenters. The Balaban J connectivity index is 1.65. The number of amides is 2. The van der Waals surface area contributed by atoms with Crippen molar-refractivity contribution in [1.29, 1.82) is 0 Å². The molecule has 2 amide bonds. The molecular weight excluding hydrogens is 376 g/mol. The van der Waals surface area contributed by atoms with Crippen LogP contribution in [0.3, 0.4) is 0 Å². The van der Waals surface area contributed by atoms with E-state index in [1.807, 2.05) is 48.5 Å². The van der Waals surface area contributed by atoms with Crippen LogP contribution in [0.2, 0.25) is 0 Å². The number of hydrogen-bond acceptors (Lipinski definition) is 4. The van der Waals surface area contributed by atoms with Crippen molar-refractivity contribution in [1.82, 2.24) is 15.3 Å². The van der Waals surface area contributed by atoms with Crippen molar-refractivity contribution < 1.29 is 9.59 Å². The molecule has 0 saturated heterocycles. The number of carbonyl (C=O) groups is 2. The molecule has 0 radical (unpaired) electrons. The van der Waals surface area contributed by atoms with Gasteiger partial charge in [0.05, 0.1) is 23.2 Å². The number of hydrogen-bond donors (Lipinski definition) is 2. The van der Waals surface area contributed by atoms with E-state index in [0.717, 1.165) is 22.0 Å². The predicted octanol–water partition coefficient (Wildman–Crippen LogP) is 3.84. The molecule has 2 aromatic carbocycles. The van der Waals surface area contributed by atoms with Crippen LogP contribution in [-0.4, -0.2) is 28.8 Å². The molecule has 0 bridgehead atoms. The van der Waals surface area contributed by atoms with Crippen molar-refractivity contribution in [3.8, 4) is 11.3 Å². The number of benzene rings is 2. The van der Waals surface area contributed by atoms with E-state index in [1.54, 1.807) is 37.6 Å². The first-order valence-electron chi connectivity index (χ1n) is 9.55. The molecule has 0 saturated carbocycles. The molecular formula is C24H20N4O2.